The van der Waals surface area contributed by atoms with E-state index in [-0.39, 0.29) is 11.6 Å². The lowest BCUT2D eigenvalue weighted by Crippen LogP contribution is -2.01. The number of nitro benzene ring substituents is 1. The Morgan fingerprint density at radius 3 is 2.53 bits per heavy atom. The van der Waals surface area contributed by atoms with E-state index in [4.69, 9.17) is 11.6 Å². The average molecular weight is 279 g/mol. The van der Waals surface area contributed by atoms with Gasteiger partial charge in [0, 0.05) is 17.8 Å². The molecule has 2 aromatic rings. The second-order valence-electron chi connectivity index (χ2n) is 3.88. The monoisotopic (exact) mass is 278 g/mol. The Morgan fingerprint density at radius 2 is 1.89 bits per heavy atom. The Hall–Kier alpha value is -2.27. The second kappa shape index (κ2) is 5.58. The van der Waals surface area contributed by atoms with Crippen LogP contribution in [0.15, 0.2) is 42.5 Å². The predicted octanol–water partition coefficient (Wildman–Crippen LogP) is 3.57. The van der Waals surface area contributed by atoms with Gasteiger partial charge in [0.2, 0.25) is 5.75 Å². The summed E-state index contributed by atoms with van der Waals surface area (Å²) in [4.78, 5) is 10.1. The molecule has 0 atom stereocenters. The van der Waals surface area contributed by atoms with Gasteiger partial charge in [0.25, 0.3) is 0 Å². The average Bonchev–Trinajstić information content (AvgIpc) is 2.38. The standard InChI is InChI=1S/C13H11ClN2O3/c14-11-7-6-9(13(17)12(11)16(18)19)8-15-10-4-2-1-3-5-10/h1-7,15,17H,8H2. The van der Waals surface area contributed by atoms with Crippen LogP contribution in [0.3, 0.4) is 0 Å². The van der Waals surface area contributed by atoms with Crippen molar-refractivity contribution in [2.45, 2.75) is 6.54 Å². The molecule has 0 saturated carbocycles. The number of anilines is 1. The molecule has 0 amide bonds. The number of nitrogens with zero attached hydrogens (tertiary/aromatic N) is 1. The number of hydrogen-bond acceptors (Lipinski definition) is 4. The minimum Gasteiger partial charge on any atom is -0.502 e. The first-order valence-electron chi connectivity index (χ1n) is 5.53. The number of phenols is 1. The van der Waals surface area contributed by atoms with E-state index in [1.54, 1.807) is 6.07 Å². The molecule has 0 fully saturated rings. The Labute approximate surface area is 114 Å². The summed E-state index contributed by atoms with van der Waals surface area (Å²) in [6.45, 7) is 0.272. The van der Waals surface area contributed by atoms with E-state index in [1.807, 2.05) is 30.3 Å². The van der Waals surface area contributed by atoms with Crippen molar-refractivity contribution in [1.82, 2.24) is 0 Å². The third kappa shape index (κ3) is 2.95. The Morgan fingerprint density at radius 1 is 1.21 bits per heavy atom. The number of phenolic OH excluding ortho intramolecular Hbond substituents is 1. The van der Waals surface area contributed by atoms with Gasteiger partial charge in [-0.15, -0.1) is 0 Å². The second-order valence-corrected chi connectivity index (χ2v) is 4.29. The van der Waals surface area contributed by atoms with Crippen LogP contribution in [0.1, 0.15) is 5.56 Å². The van der Waals surface area contributed by atoms with Gasteiger partial charge in [0.05, 0.1) is 4.92 Å². The molecule has 0 aliphatic rings. The first-order valence-corrected chi connectivity index (χ1v) is 5.91. The lowest BCUT2D eigenvalue weighted by atomic mass is 10.1. The van der Waals surface area contributed by atoms with Crippen molar-refractivity contribution < 1.29 is 10.0 Å². The summed E-state index contributed by atoms with van der Waals surface area (Å²) < 4.78 is 0. The van der Waals surface area contributed by atoms with Gasteiger partial charge in [-0.3, -0.25) is 10.1 Å². The maximum Gasteiger partial charge on any atom is 0.329 e. The molecule has 5 nitrogen and oxygen atoms in total. The van der Waals surface area contributed by atoms with Crippen molar-refractivity contribution in [3.8, 4) is 5.75 Å². The van der Waals surface area contributed by atoms with E-state index < -0.39 is 16.4 Å². The molecule has 2 N–H and O–H groups in total. The Balaban J connectivity index is 2.22. The van der Waals surface area contributed by atoms with Crippen LogP contribution < -0.4 is 5.32 Å². The molecular formula is C13H11ClN2O3. The zero-order valence-electron chi connectivity index (χ0n) is 9.84. The maximum atomic E-state index is 10.8. The molecule has 0 aromatic heterocycles. The van der Waals surface area contributed by atoms with Crippen LogP contribution in [0.5, 0.6) is 5.75 Å². The Kier molecular flexibility index (Phi) is 3.87. The fourth-order valence-electron chi connectivity index (χ4n) is 1.67. The predicted molar refractivity (Wildman–Crippen MR) is 73.5 cm³/mol. The fourth-order valence-corrected chi connectivity index (χ4v) is 1.89. The van der Waals surface area contributed by atoms with Crippen LogP contribution in [0, 0.1) is 10.1 Å². The summed E-state index contributed by atoms with van der Waals surface area (Å²) in [5.74, 6) is -0.402. The molecule has 2 rings (SSSR count). The minimum absolute atomic E-state index is 0.0778. The highest BCUT2D eigenvalue weighted by Crippen LogP contribution is 2.36. The summed E-state index contributed by atoms with van der Waals surface area (Å²) in [7, 11) is 0. The van der Waals surface area contributed by atoms with Crippen molar-refractivity contribution in [3.05, 3.63) is 63.2 Å². The van der Waals surface area contributed by atoms with Crippen LogP contribution in [-0.2, 0) is 6.54 Å². The van der Waals surface area contributed by atoms with Crippen LogP contribution >= 0.6 is 11.6 Å². The number of para-hydroxylation sites is 1. The first-order chi connectivity index (χ1) is 9.09. The molecule has 19 heavy (non-hydrogen) atoms. The van der Waals surface area contributed by atoms with E-state index in [1.165, 1.54) is 6.07 Å². The molecule has 0 bridgehead atoms. The van der Waals surface area contributed by atoms with Gasteiger partial charge >= 0.3 is 5.69 Å². The van der Waals surface area contributed by atoms with Crippen molar-refractivity contribution in [2.75, 3.05) is 5.32 Å². The lowest BCUT2D eigenvalue weighted by Gasteiger charge is -2.08. The molecule has 0 radical (unpaired) electrons. The zero-order chi connectivity index (χ0) is 13.8. The molecule has 0 heterocycles. The third-order valence-corrected chi connectivity index (χ3v) is 2.93. The molecule has 0 unspecified atom stereocenters. The van der Waals surface area contributed by atoms with E-state index in [0.29, 0.717) is 5.56 Å². The molecule has 0 spiro atoms. The molecular weight excluding hydrogens is 268 g/mol. The molecule has 0 aliphatic carbocycles. The van der Waals surface area contributed by atoms with E-state index in [2.05, 4.69) is 5.32 Å². The third-order valence-electron chi connectivity index (χ3n) is 2.62. The van der Waals surface area contributed by atoms with Crippen molar-refractivity contribution in [1.29, 1.82) is 0 Å². The van der Waals surface area contributed by atoms with Crippen molar-refractivity contribution in [3.63, 3.8) is 0 Å². The van der Waals surface area contributed by atoms with Gasteiger partial charge in [-0.05, 0) is 18.2 Å². The molecule has 98 valence electrons. The molecule has 6 heteroatoms. The number of halogens is 1. The number of nitrogens with one attached hydrogen (secondary N) is 1. The van der Waals surface area contributed by atoms with E-state index >= 15 is 0 Å². The fraction of sp³-hybridized carbons (Fsp3) is 0.0769. The van der Waals surface area contributed by atoms with Gasteiger partial charge in [-0.1, -0.05) is 35.9 Å². The van der Waals surface area contributed by atoms with Crippen LogP contribution in [-0.4, -0.2) is 10.0 Å². The summed E-state index contributed by atoms with van der Waals surface area (Å²) in [6, 6.07) is 12.3. The molecule has 0 aliphatic heterocycles. The van der Waals surface area contributed by atoms with Crippen LogP contribution in [0.4, 0.5) is 11.4 Å². The maximum absolute atomic E-state index is 10.8. The number of hydrogen-bond donors (Lipinski definition) is 2. The summed E-state index contributed by atoms with van der Waals surface area (Å²) in [6.07, 6.45) is 0. The quantitative estimate of drug-likeness (QED) is 0.662. The minimum atomic E-state index is -0.691. The van der Waals surface area contributed by atoms with Crippen LogP contribution in [0.2, 0.25) is 5.02 Å². The van der Waals surface area contributed by atoms with Gasteiger partial charge in [-0.2, -0.15) is 0 Å². The van der Waals surface area contributed by atoms with Gasteiger partial charge in [0.1, 0.15) is 5.02 Å². The van der Waals surface area contributed by atoms with Crippen LogP contribution in [0.25, 0.3) is 0 Å². The van der Waals surface area contributed by atoms with Gasteiger partial charge in [-0.25, -0.2) is 0 Å². The Bertz CT molecular complexity index is 602. The highest BCUT2D eigenvalue weighted by molar-refractivity contribution is 6.33. The topological polar surface area (TPSA) is 75.4 Å². The largest absolute Gasteiger partial charge is 0.502 e. The normalized spacial score (nSPS) is 10.2. The van der Waals surface area contributed by atoms with Crippen molar-refractivity contribution in [2.24, 2.45) is 0 Å². The smallest absolute Gasteiger partial charge is 0.329 e. The molecule has 2 aromatic carbocycles. The lowest BCUT2D eigenvalue weighted by molar-refractivity contribution is -0.385. The van der Waals surface area contributed by atoms with Gasteiger partial charge in [0.15, 0.2) is 0 Å². The van der Waals surface area contributed by atoms with E-state index in [9.17, 15) is 15.2 Å². The first kappa shape index (κ1) is 13.2. The number of benzene rings is 2. The van der Waals surface area contributed by atoms with Gasteiger partial charge < -0.3 is 10.4 Å². The number of rotatable bonds is 4. The number of aromatic hydroxyl groups is 1. The SMILES string of the molecule is O=[N+]([O-])c1c(Cl)ccc(CNc2ccccc2)c1O. The van der Waals surface area contributed by atoms with Crippen molar-refractivity contribution >= 4 is 23.0 Å². The number of nitro groups is 1. The van der Waals surface area contributed by atoms with E-state index in [0.717, 1.165) is 5.69 Å². The summed E-state index contributed by atoms with van der Waals surface area (Å²) in [5.41, 5.74) is 0.813. The highest BCUT2D eigenvalue weighted by atomic mass is 35.5. The summed E-state index contributed by atoms with van der Waals surface area (Å²) >= 11 is 5.69. The summed E-state index contributed by atoms with van der Waals surface area (Å²) in [5, 5.41) is 23.6. The molecule has 0 saturated heterocycles. The highest BCUT2D eigenvalue weighted by Gasteiger charge is 2.21. The zero-order valence-corrected chi connectivity index (χ0v) is 10.6.